The molecular weight excluding hydrogens is 430 g/mol. The third-order valence-corrected chi connectivity index (χ3v) is 5.30. The van der Waals surface area contributed by atoms with Crippen LogP contribution in [0.25, 0.3) is 0 Å². The van der Waals surface area contributed by atoms with Crippen LogP contribution in [0.15, 0.2) is 0 Å². The molecule has 0 bridgehead atoms. The Morgan fingerprint density at radius 2 is 1.77 bits per heavy atom. The SMILES string of the molecule is NCCCCC(N)C(=O)N1CCCC1C(=O)NC(CS)C(=O)NC(CC(=O)O)C(=O)O. The lowest BCUT2D eigenvalue weighted by molar-refractivity contribution is -0.147. The van der Waals surface area contributed by atoms with Crippen molar-refractivity contribution in [3.05, 3.63) is 0 Å². The smallest absolute Gasteiger partial charge is 0.326 e. The van der Waals surface area contributed by atoms with Crippen LogP contribution in [0.4, 0.5) is 0 Å². The van der Waals surface area contributed by atoms with Crippen LogP contribution in [0.1, 0.15) is 38.5 Å². The van der Waals surface area contributed by atoms with E-state index in [1.807, 2.05) is 0 Å². The van der Waals surface area contributed by atoms with Crippen LogP contribution >= 0.6 is 12.6 Å². The lowest BCUT2D eigenvalue weighted by atomic mass is 10.1. The summed E-state index contributed by atoms with van der Waals surface area (Å²) in [5.41, 5.74) is 11.4. The number of aliphatic carboxylic acids is 2. The fourth-order valence-electron chi connectivity index (χ4n) is 3.26. The third kappa shape index (κ3) is 8.34. The molecule has 1 aliphatic heterocycles. The minimum atomic E-state index is -1.65. The fraction of sp³-hybridized carbons (Fsp3) is 0.722. The van der Waals surface area contributed by atoms with Crippen LogP contribution in [0.2, 0.25) is 0 Å². The van der Waals surface area contributed by atoms with Crippen LogP contribution in [0.3, 0.4) is 0 Å². The minimum absolute atomic E-state index is 0.156. The normalized spacial score (nSPS) is 18.7. The molecule has 1 saturated heterocycles. The molecule has 4 atom stereocenters. The summed E-state index contributed by atoms with van der Waals surface area (Å²) in [7, 11) is 0. The van der Waals surface area contributed by atoms with Gasteiger partial charge >= 0.3 is 11.9 Å². The average Bonchev–Trinajstić information content (AvgIpc) is 3.20. The molecule has 3 amide bonds. The van der Waals surface area contributed by atoms with E-state index in [0.29, 0.717) is 38.8 Å². The van der Waals surface area contributed by atoms with E-state index in [4.69, 9.17) is 21.7 Å². The molecule has 0 aromatic heterocycles. The van der Waals surface area contributed by atoms with Crippen molar-refractivity contribution in [2.45, 2.75) is 62.7 Å². The predicted molar refractivity (Wildman–Crippen MR) is 113 cm³/mol. The molecule has 0 aliphatic carbocycles. The number of hydrogen-bond acceptors (Lipinski definition) is 8. The maximum absolute atomic E-state index is 12.7. The van der Waals surface area contributed by atoms with Crippen molar-refractivity contribution in [2.24, 2.45) is 11.5 Å². The predicted octanol–water partition coefficient (Wildman–Crippen LogP) is -2.11. The standard InChI is InChI=1S/C18H31N5O7S/c19-6-2-1-4-10(20)17(28)23-7-3-5-13(23)16(27)22-12(9-31)15(26)21-11(18(29)30)8-14(24)25/h10-13,31H,1-9,19-20H2,(H,21,26)(H,22,27)(H,24,25)(H,29,30). The van der Waals surface area contributed by atoms with Gasteiger partial charge in [-0.3, -0.25) is 19.2 Å². The summed E-state index contributed by atoms with van der Waals surface area (Å²) in [4.78, 5) is 61.0. The summed E-state index contributed by atoms with van der Waals surface area (Å²) in [6.45, 7) is 0.858. The van der Waals surface area contributed by atoms with E-state index in [-0.39, 0.29) is 11.7 Å². The van der Waals surface area contributed by atoms with Gasteiger partial charge in [-0.1, -0.05) is 6.42 Å². The quantitative estimate of drug-likeness (QED) is 0.118. The zero-order chi connectivity index (χ0) is 23.6. The molecule has 4 unspecified atom stereocenters. The number of carbonyl (C=O) groups is 5. The highest BCUT2D eigenvalue weighted by Gasteiger charge is 2.37. The van der Waals surface area contributed by atoms with Gasteiger partial charge < -0.3 is 37.2 Å². The Labute approximate surface area is 185 Å². The summed E-state index contributed by atoms with van der Waals surface area (Å²) in [6.07, 6.45) is 2.05. The van der Waals surface area contributed by atoms with Gasteiger partial charge in [0.2, 0.25) is 17.7 Å². The van der Waals surface area contributed by atoms with E-state index in [0.717, 1.165) is 6.42 Å². The summed E-state index contributed by atoms with van der Waals surface area (Å²) in [5.74, 6) is -4.89. The first-order chi connectivity index (χ1) is 14.6. The first kappa shape index (κ1) is 26.7. The maximum atomic E-state index is 12.7. The maximum Gasteiger partial charge on any atom is 0.326 e. The first-order valence-electron chi connectivity index (χ1n) is 10.0. The van der Waals surface area contributed by atoms with Gasteiger partial charge in [-0.2, -0.15) is 12.6 Å². The highest BCUT2D eigenvalue weighted by Crippen LogP contribution is 2.19. The van der Waals surface area contributed by atoms with Crippen molar-refractivity contribution >= 4 is 42.3 Å². The van der Waals surface area contributed by atoms with Gasteiger partial charge in [0.25, 0.3) is 0 Å². The van der Waals surface area contributed by atoms with Crippen molar-refractivity contribution in [2.75, 3.05) is 18.8 Å². The molecule has 8 N–H and O–H groups in total. The number of carbonyl (C=O) groups excluding carboxylic acids is 3. The van der Waals surface area contributed by atoms with Crippen LogP contribution in [-0.2, 0) is 24.0 Å². The van der Waals surface area contributed by atoms with Crippen molar-refractivity contribution in [3.63, 3.8) is 0 Å². The molecule has 0 spiro atoms. The molecule has 0 radical (unpaired) electrons. The molecule has 176 valence electrons. The van der Waals surface area contributed by atoms with E-state index in [1.54, 1.807) is 0 Å². The molecule has 1 heterocycles. The highest BCUT2D eigenvalue weighted by molar-refractivity contribution is 7.80. The Bertz CT molecular complexity index is 678. The largest absolute Gasteiger partial charge is 0.481 e. The second-order valence-corrected chi connectivity index (χ2v) is 7.69. The van der Waals surface area contributed by atoms with Crippen molar-refractivity contribution < 1.29 is 34.2 Å². The number of nitrogens with one attached hydrogen (secondary N) is 2. The Kier molecular flexibility index (Phi) is 11.3. The Hall–Kier alpha value is -2.38. The summed E-state index contributed by atoms with van der Waals surface area (Å²) in [5, 5.41) is 22.4. The number of unbranched alkanes of at least 4 members (excludes halogenated alkanes) is 1. The molecule has 1 aliphatic rings. The van der Waals surface area contributed by atoms with Crippen LogP contribution in [-0.4, -0.2) is 87.8 Å². The summed E-state index contributed by atoms with van der Waals surface area (Å²) >= 11 is 4.01. The van der Waals surface area contributed by atoms with Crippen LogP contribution in [0, 0.1) is 0 Å². The number of hydrogen-bond donors (Lipinski definition) is 7. The monoisotopic (exact) mass is 461 g/mol. The van der Waals surface area contributed by atoms with Crippen molar-refractivity contribution in [1.29, 1.82) is 0 Å². The zero-order valence-corrected chi connectivity index (χ0v) is 18.1. The molecule has 1 rings (SSSR count). The van der Waals surface area contributed by atoms with Gasteiger partial charge in [-0.05, 0) is 32.2 Å². The van der Waals surface area contributed by atoms with Gasteiger partial charge in [0.15, 0.2) is 0 Å². The molecule has 12 nitrogen and oxygen atoms in total. The van der Waals surface area contributed by atoms with E-state index in [2.05, 4.69) is 23.3 Å². The first-order valence-corrected chi connectivity index (χ1v) is 10.7. The summed E-state index contributed by atoms with van der Waals surface area (Å²) < 4.78 is 0. The van der Waals surface area contributed by atoms with Gasteiger partial charge in [0, 0.05) is 12.3 Å². The van der Waals surface area contributed by atoms with Gasteiger partial charge in [-0.25, -0.2) is 4.79 Å². The topological polar surface area (TPSA) is 205 Å². The number of amides is 3. The van der Waals surface area contributed by atoms with Crippen LogP contribution in [0.5, 0.6) is 0 Å². The van der Waals surface area contributed by atoms with E-state index in [1.165, 1.54) is 4.90 Å². The average molecular weight is 462 g/mol. The molecule has 0 aromatic carbocycles. The zero-order valence-electron chi connectivity index (χ0n) is 17.2. The number of thiol groups is 1. The number of rotatable bonds is 13. The number of carboxylic acid groups (broad SMARTS) is 2. The highest BCUT2D eigenvalue weighted by atomic mass is 32.1. The molecule has 13 heteroatoms. The Morgan fingerprint density at radius 3 is 2.32 bits per heavy atom. The molecular formula is C18H31N5O7S. The fourth-order valence-corrected chi connectivity index (χ4v) is 3.51. The number of carboxylic acids is 2. The summed E-state index contributed by atoms with van der Waals surface area (Å²) in [6, 6.07) is -4.42. The van der Waals surface area contributed by atoms with Crippen molar-refractivity contribution in [1.82, 2.24) is 15.5 Å². The molecule has 0 saturated carbocycles. The van der Waals surface area contributed by atoms with E-state index in [9.17, 15) is 24.0 Å². The van der Waals surface area contributed by atoms with Gasteiger partial charge in [-0.15, -0.1) is 0 Å². The van der Waals surface area contributed by atoms with Crippen LogP contribution < -0.4 is 22.1 Å². The molecule has 31 heavy (non-hydrogen) atoms. The third-order valence-electron chi connectivity index (χ3n) is 4.93. The van der Waals surface area contributed by atoms with E-state index >= 15 is 0 Å². The molecule has 1 fully saturated rings. The number of likely N-dealkylation sites (tertiary alicyclic amines) is 1. The van der Waals surface area contributed by atoms with Crippen molar-refractivity contribution in [3.8, 4) is 0 Å². The Balaban J connectivity index is 2.74. The van der Waals surface area contributed by atoms with Gasteiger partial charge in [0.1, 0.15) is 18.1 Å². The van der Waals surface area contributed by atoms with E-state index < -0.39 is 54.3 Å². The Morgan fingerprint density at radius 1 is 1.10 bits per heavy atom. The second kappa shape index (κ2) is 13.1. The minimum Gasteiger partial charge on any atom is -0.481 e. The second-order valence-electron chi connectivity index (χ2n) is 7.32. The molecule has 0 aromatic rings. The lowest BCUT2D eigenvalue weighted by Gasteiger charge is -2.28. The number of nitrogens with two attached hydrogens (primary N) is 2. The number of nitrogens with zero attached hydrogens (tertiary/aromatic N) is 1. The van der Waals surface area contributed by atoms with Gasteiger partial charge in [0.05, 0.1) is 12.5 Å². The lowest BCUT2D eigenvalue weighted by Crippen LogP contribution is -2.57.